The summed E-state index contributed by atoms with van der Waals surface area (Å²) in [5.41, 5.74) is 9.45. The first-order valence-electron chi connectivity index (χ1n) is 16.2. The van der Waals surface area contributed by atoms with Crippen LogP contribution in [-0.4, -0.2) is 20.6 Å². The van der Waals surface area contributed by atoms with Gasteiger partial charge >= 0.3 is 0 Å². The van der Waals surface area contributed by atoms with Crippen molar-refractivity contribution in [3.63, 3.8) is 0 Å². The van der Waals surface area contributed by atoms with Crippen molar-refractivity contribution in [2.45, 2.75) is 38.7 Å². The predicted octanol–water partition coefficient (Wildman–Crippen LogP) is 9.73. The van der Waals surface area contributed by atoms with Gasteiger partial charge in [-0.3, -0.25) is 9.47 Å². The average molecular weight is 615 g/mol. The van der Waals surface area contributed by atoms with Crippen LogP contribution in [0.25, 0.3) is 38.7 Å². The van der Waals surface area contributed by atoms with Gasteiger partial charge in [0.05, 0.1) is 27.8 Å². The predicted molar refractivity (Wildman–Crippen MR) is 189 cm³/mol. The third kappa shape index (κ3) is 4.63. The van der Waals surface area contributed by atoms with E-state index in [0.717, 1.165) is 68.0 Å². The zero-order chi connectivity index (χ0) is 31.7. The van der Waals surface area contributed by atoms with E-state index < -0.39 is 0 Å². The Morgan fingerprint density at radius 2 is 1.81 bits per heavy atom. The quantitative estimate of drug-likeness (QED) is 0.198. The minimum atomic E-state index is -0.143. The monoisotopic (exact) mass is 614 g/mol. The molecule has 2 atom stereocenters. The number of benzene rings is 3. The maximum Gasteiger partial charge on any atom is 0.137 e. The van der Waals surface area contributed by atoms with Gasteiger partial charge < -0.3 is 9.15 Å². The second-order valence-corrected chi connectivity index (χ2v) is 13.5. The molecule has 3 aliphatic rings. The largest absolute Gasteiger partial charge is 0.486 e. The van der Waals surface area contributed by atoms with E-state index in [9.17, 15) is 0 Å². The molecule has 0 fully saturated rings. The smallest absolute Gasteiger partial charge is 0.137 e. The molecule has 47 heavy (non-hydrogen) atoms. The highest BCUT2D eigenvalue weighted by molar-refractivity contribution is 6.17. The Labute approximate surface area is 273 Å². The molecule has 3 aromatic heterocycles. The highest BCUT2D eigenvalue weighted by Crippen LogP contribution is 2.42. The minimum absolute atomic E-state index is 0.0125. The van der Waals surface area contributed by atoms with Crippen molar-refractivity contribution >= 4 is 38.8 Å². The zero-order valence-electron chi connectivity index (χ0n) is 26.6. The van der Waals surface area contributed by atoms with Crippen LogP contribution in [0, 0.1) is 5.92 Å². The second kappa shape index (κ2) is 10.5. The lowest BCUT2D eigenvalue weighted by molar-refractivity contribution is 0.249. The highest BCUT2D eigenvalue weighted by atomic mass is 16.5. The zero-order valence-corrected chi connectivity index (χ0v) is 26.6. The van der Waals surface area contributed by atoms with Crippen molar-refractivity contribution in [2.75, 3.05) is 4.90 Å². The third-order valence-corrected chi connectivity index (χ3v) is 9.39. The van der Waals surface area contributed by atoms with Crippen molar-refractivity contribution in [2.24, 2.45) is 5.92 Å². The van der Waals surface area contributed by atoms with E-state index >= 15 is 0 Å². The van der Waals surface area contributed by atoms with E-state index in [2.05, 4.69) is 103 Å². The number of allylic oxidation sites excluding steroid dienone is 6. The summed E-state index contributed by atoms with van der Waals surface area (Å²) in [6, 6.07) is 24.8. The number of aromatic nitrogens is 3. The van der Waals surface area contributed by atoms with Crippen molar-refractivity contribution in [1.29, 1.82) is 0 Å². The summed E-state index contributed by atoms with van der Waals surface area (Å²) in [6.07, 6.45) is 20.1. The summed E-state index contributed by atoms with van der Waals surface area (Å²) in [4.78, 5) is 11.9. The fourth-order valence-electron chi connectivity index (χ4n) is 7.05. The lowest BCUT2D eigenvalue weighted by Crippen LogP contribution is -2.33. The number of rotatable bonds is 4. The molecule has 0 saturated carbocycles. The molecule has 0 spiro atoms. The number of ether oxygens (including phenoxy) is 1. The van der Waals surface area contributed by atoms with Crippen LogP contribution >= 0.6 is 0 Å². The molecule has 9 rings (SSSR count). The molecule has 0 amide bonds. The van der Waals surface area contributed by atoms with Gasteiger partial charge in [-0.15, -0.1) is 0 Å². The SMILES string of the molecule is CC(C)(C)c1ccnc(N2C3=CC(C=CC=C3)C3=CCC(Oc4cccc(-n5cnc6ccc7oc8ccccc8c7c65)c4)C=C32)c1. The number of nitrogens with zero attached hydrogens (tertiary/aromatic N) is 4. The van der Waals surface area contributed by atoms with Crippen molar-refractivity contribution in [3.05, 3.63) is 150 Å². The van der Waals surface area contributed by atoms with E-state index in [1.165, 1.54) is 11.1 Å². The Bertz CT molecular complexity index is 2380. The maximum atomic E-state index is 6.74. The Kier molecular flexibility index (Phi) is 6.16. The van der Waals surface area contributed by atoms with E-state index in [1.807, 2.05) is 55.0 Å². The maximum absolute atomic E-state index is 6.74. The van der Waals surface area contributed by atoms with Crippen LogP contribution in [0.5, 0.6) is 5.75 Å². The van der Waals surface area contributed by atoms with Crippen LogP contribution in [0.1, 0.15) is 32.8 Å². The van der Waals surface area contributed by atoms with E-state index in [1.54, 1.807) is 0 Å². The number of fused-ring (bicyclic) bond motifs is 8. The topological polar surface area (TPSA) is 56.3 Å². The number of furan rings is 1. The lowest BCUT2D eigenvalue weighted by Gasteiger charge is -2.38. The van der Waals surface area contributed by atoms with Crippen LogP contribution < -0.4 is 9.64 Å². The second-order valence-electron chi connectivity index (χ2n) is 13.5. The molecule has 3 aromatic carbocycles. The molecular formula is C41H34N4O2. The normalized spacial score (nSPS) is 19.0. The van der Waals surface area contributed by atoms with Crippen molar-refractivity contribution in [1.82, 2.24) is 14.5 Å². The Morgan fingerprint density at radius 1 is 0.894 bits per heavy atom. The van der Waals surface area contributed by atoms with E-state index in [0.29, 0.717) is 0 Å². The average Bonchev–Trinajstić information content (AvgIpc) is 3.61. The number of hydrogen-bond acceptors (Lipinski definition) is 5. The Hall–Kier alpha value is -5.62. The minimum Gasteiger partial charge on any atom is -0.486 e. The fraction of sp³-hybridized carbons (Fsp3) is 0.171. The fourth-order valence-corrected chi connectivity index (χ4v) is 7.05. The number of pyridine rings is 1. The summed E-state index contributed by atoms with van der Waals surface area (Å²) in [5, 5.41) is 2.15. The summed E-state index contributed by atoms with van der Waals surface area (Å²) >= 11 is 0. The van der Waals surface area contributed by atoms with E-state index in [-0.39, 0.29) is 17.4 Å². The van der Waals surface area contributed by atoms with Gasteiger partial charge in [0, 0.05) is 35.7 Å². The molecule has 1 aliphatic heterocycles. The molecule has 4 heterocycles. The first-order valence-corrected chi connectivity index (χ1v) is 16.2. The molecule has 0 N–H and O–H groups in total. The van der Waals surface area contributed by atoms with E-state index in [4.69, 9.17) is 19.1 Å². The molecule has 2 unspecified atom stereocenters. The standard InChI is InChI=1S/C41H34N4O2/c1-41(2,3)27-19-20-42-38(22-27)45-29-10-5-4-9-26(21-29)32-16-15-31(24-35(32)45)46-30-12-8-11-28(23-30)44-25-43-34-17-18-37-39(40(34)44)33-13-6-7-14-36(33)47-37/h4-14,16-26,31H,15H2,1-3H3. The van der Waals surface area contributed by atoms with Gasteiger partial charge in [-0.25, -0.2) is 9.97 Å². The first-order chi connectivity index (χ1) is 22.9. The van der Waals surface area contributed by atoms with Crippen LogP contribution in [-0.2, 0) is 5.41 Å². The molecule has 0 saturated heterocycles. The van der Waals surface area contributed by atoms with Crippen molar-refractivity contribution < 1.29 is 9.15 Å². The number of imidazole rings is 1. The summed E-state index contributed by atoms with van der Waals surface area (Å²) in [5.74, 6) is 1.93. The molecule has 6 heteroatoms. The third-order valence-electron chi connectivity index (χ3n) is 9.39. The summed E-state index contributed by atoms with van der Waals surface area (Å²) in [7, 11) is 0. The Balaban J connectivity index is 1.09. The lowest BCUT2D eigenvalue weighted by atomic mass is 9.85. The summed E-state index contributed by atoms with van der Waals surface area (Å²) in [6.45, 7) is 6.72. The van der Waals surface area contributed by atoms with Gasteiger partial charge in [-0.1, -0.05) is 69.3 Å². The van der Waals surface area contributed by atoms with Crippen LogP contribution in [0.2, 0.25) is 0 Å². The molecule has 6 nitrogen and oxygen atoms in total. The van der Waals surface area contributed by atoms with Crippen LogP contribution in [0.3, 0.4) is 0 Å². The van der Waals surface area contributed by atoms with Crippen molar-refractivity contribution in [3.8, 4) is 11.4 Å². The molecule has 0 radical (unpaired) electrons. The number of hydrogen-bond donors (Lipinski definition) is 0. The molecule has 6 aromatic rings. The Morgan fingerprint density at radius 3 is 2.72 bits per heavy atom. The van der Waals surface area contributed by atoms with Gasteiger partial charge in [0.1, 0.15) is 35.2 Å². The molecular weight excluding hydrogens is 580 g/mol. The highest BCUT2D eigenvalue weighted by Gasteiger charge is 2.33. The van der Waals surface area contributed by atoms with Crippen LogP contribution in [0.15, 0.2) is 149 Å². The van der Waals surface area contributed by atoms with Crippen LogP contribution in [0.4, 0.5) is 5.82 Å². The van der Waals surface area contributed by atoms with Gasteiger partial charge in [-0.2, -0.15) is 0 Å². The first kappa shape index (κ1) is 27.7. The van der Waals surface area contributed by atoms with Gasteiger partial charge in [0.2, 0.25) is 0 Å². The van der Waals surface area contributed by atoms with Gasteiger partial charge in [0.25, 0.3) is 0 Å². The molecule has 2 bridgehead atoms. The van der Waals surface area contributed by atoms with Gasteiger partial charge in [-0.05, 0) is 77.2 Å². The number of anilines is 1. The number of para-hydroxylation sites is 1. The van der Waals surface area contributed by atoms with Gasteiger partial charge in [0.15, 0.2) is 0 Å². The molecule has 2 aliphatic carbocycles. The summed E-state index contributed by atoms with van der Waals surface area (Å²) < 4.78 is 15.1. The molecule has 230 valence electrons.